The van der Waals surface area contributed by atoms with Crippen molar-refractivity contribution < 1.29 is 14.3 Å². The number of aromatic nitrogens is 1. The molecule has 1 aromatic heterocycles. The fourth-order valence-corrected chi connectivity index (χ4v) is 2.69. The van der Waals surface area contributed by atoms with Gasteiger partial charge >= 0.3 is 5.97 Å². The Hall–Kier alpha value is -1.62. The van der Waals surface area contributed by atoms with Crippen molar-refractivity contribution in [3.05, 3.63) is 23.5 Å². The Bertz CT molecular complexity index is 476. The minimum absolute atomic E-state index is 0.0135. The van der Waals surface area contributed by atoms with Gasteiger partial charge in [-0.15, -0.1) is 0 Å². The van der Waals surface area contributed by atoms with Gasteiger partial charge < -0.3 is 9.47 Å². The fourth-order valence-electron chi connectivity index (χ4n) is 2.69. The van der Waals surface area contributed by atoms with Crippen LogP contribution in [0.5, 0.6) is 5.75 Å². The summed E-state index contributed by atoms with van der Waals surface area (Å²) >= 11 is 0. The average molecular weight is 278 g/mol. The highest BCUT2D eigenvalue weighted by molar-refractivity contribution is 5.72. The molecule has 110 valence electrons. The molecule has 20 heavy (non-hydrogen) atoms. The van der Waals surface area contributed by atoms with Gasteiger partial charge in [-0.2, -0.15) is 0 Å². The summed E-state index contributed by atoms with van der Waals surface area (Å²) in [4.78, 5) is 18.4. The van der Waals surface area contributed by atoms with E-state index in [1.807, 2.05) is 19.1 Å². The van der Waals surface area contributed by atoms with Gasteiger partial charge in [0.1, 0.15) is 5.75 Å². The molecule has 0 unspecified atom stereocenters. The standard InChI is InChI=1S/C15H22N2O3/c1-11-7-14(19-2)8-13(16-11)10-17-6-4-5-12(9-17)15(18)20-3/h7-8,12H,4-6,9-10H2,1-3H3/t12-/m0/s1. The molecule has 2 heterocycles. The summed E-state index contributed by atoms with van der Waals surface area (Å²) in [6.07, 6.45) is 1.93. The lowest BCUT2D eigenvalue weighted by Gasteiger charge is -2.31. The first-order valence-electron chi connectivity index (χ1n) is 6.94. The maximum absolute atomic E-state index is 11.6. The first-order valence-corrected chi connectivity index (χ1v) is 6.94. The van der Waals surface area contributed by atoms with Crippen LogP contribution in [0.25, 0.3) is 0 Å². The van der Waals surface area contributed by atoms with E-state index in [0.717, 1.165) is 49.6 Å². The molecule has 0 bridgehead atoms. The lowest BCUT2D eigenvalue weighted by atomic mass is 9.98. The van der Waals surface area contributed by atoms with Gasteiger partial charge in [0.05, 0.1) is 25.8 Å². The Morgan fingerprint density at radius 3 is 2.95 bits per heavy atom. The average Bonchev–Trinajstić information content (AvgIpc) is 2.46. The molecule has 2 rings (SSSR count). The van der Waals surface area contributed by atoms with Gasteiger partial charge in [0.15, 0.2) is 0 Å². The molecule has 0 N–H and O–H groups in total. The Kier molecular flexibility index (Phi) is 4.95. The number of aryl methyl sites for hydroxylation is 1. The van der Waals surface area contributed by atoms with E-state index in [2.05, 4.69) is 9.88 Å². The number of piperidine rings is 1. The van der Waals surface area contributed by atoms with Crippen molar-refractivity contribution in [1.82, 2.24) is 9.88 Å². The molecule has 0 amide bonds. The van der Waals surface area contributed by atoms with Gasteiger partial charge in [-0.1, -0.05) is 0 Å². The number of methoxy groups -OCH3 is 2. The van der Waals surface area contributed by atoms with E-state index >= 15 is 0 Å². The van der Waals surface area contributed by atoms with Gasteiger partial charge in [-0.25, -0.2) is 0 Å². The SMILES string of the molecule is COC(=O)[C@H]1CCCN(Cc2cc(OC)cc(C)n2)C1. The second-order valence-electron chi connectivity index (χ2n) is 5.24. The number of nitrogens with zero attached hydrogens (tertiary/aromatic N) is 2. The number of hydrogen-bond donors (Lipinski definition) is 0. The summed E-state index contributed by atoms with van der Waals surface area (Å²) < 4.78 is 10.1. The van der Waals surface area contributed by atoms with Gasteiger partial charge in [0, 0.05) is 30.9 Å². The highest BCUT2D eigenvalue weighted by atomic mass is 16.5. The molecule has 1 fully saturated rings. The van der Waals surface area contributed by atoms with E-state index in [4.69, 9.17) is 9.47 Å². The number of rotatable bonds is 4. The maximum atomic E-state index is 11.6. The number of carbonyl (C=O) groups excluding carboxylic acids is 1. The molecular formula is C15H22N2O3. The number of likely N-dealkylation sites (tertiary alicyclic amines) is 1. The molecule has 1 aliphatic rings. The molecule has 1 atom stereocenters. The first-order chi connectivity index (χ1) is 9.62. The van der Waals surface area contributed by atoms with Crippen molar-refractivity contribution in [3.63, 3.8) is 0 Å². The largest absolute Gasteiger partial charge is 0.497 e. The number of hydrogen-bond acceptors (Lipinski definition) is 5. The minimum Gasteiger partial charge on any atom is -0.497 e. The van der Waals surface area contributed by atoms with E-state index in [0.29, 0.717) is 0 Å². The number of ether oxygens (including phenoxy) is 2. The summed E-state index contributed by atoms with van der Waals surface area (Å²) in [7, 11) is 3.11. The first kappa shape index (κ1) is 14.8. The number of pyridine rings is 1. The van der Waals surface area contributed by atoms with Gasteiger partial charge in [-0.3, -0.25) is 14.7 Å². The third-order valence-corrected chi connectivity index (χ3v) is 3.64. The lowest BCUT2D eigenvalue weighted by Crippen LogP contribution is -2.38. The summed E-state index contributed by atoms with van der Waals surface area (Å²) in [6, 6.07) is 3.87. The monoisotopic (exact) mass is 278 g/mol. The number of esters is 1. The predicted octanol–water partition coefficient (Wildman–Crippen LogP) is 1.78. The predicted molar refractivity (Wildman–Crippen MR) is 75.5 cm³/mol. The fraction of sp³-hybridized carbons (Fsp3) is 0.600. The lowest BCUT2D eigenvalue weighted by molar-refractivity contribution is -0.147. The van der Waals surface area contributed by atoms with Crippen LogP contribution in [-0.4, -0.2) is 43.2 Å². The highest BCUT2D eigenvalue weighted by Gasteiger charge is 2.26. The molecule has 0 radical (unpaired) electrons. The van der Waals surface area contributed by atoms with Gasteiger partial charge in [-0.05, 0) is 26.3 Å². The zero-order chi connectivity index (χ0) is 14.5. The Balaban J connectivity index is 2.02. The Morgan fingerprint density at radius 1 is 1.45 bits per heavy atom. The van der Waals surface area contributed by atoms with Crippen molar-refractivity contribution in [3.8, 4) is 5.75 Å². The van der Waals surface area contributed by atoms with Crippen LogP contribution in [0.15, 0.2) is 12.1 Å². The van der Waals surface area contributed by atoms with E-state index in [9.17, 15) is 4.79 Å². The maximum Gasteiger partial charge on any atom is 0.309 e. The molecule has 1 aromatic rings. The van der Waals surface area contributed by atoms with Gasteiger partial charge in [0.25, 0.3) is 0 Å². The second-order valence-corrected chi connectivity index (χ2v) is 5.24. The van der Waals surface area contributed by atoms with Crippen LogP contribution in [0.1, 0.15) is 24.2 Å². The quantitative estimate of drug-likeness (QED) is 0.786. The third-order valence-electron chi connectivity index (χ3n) is 3.64. The summed E-state index contributed by atoms with van der Waals surface area (Å²) in [5.74, 6) is 0.707. The Morgan fingerprint density at radius 2 is 2.25 bits per heavy atom. The molecule has 0 spiro atoms. The molecule has 0 aromatic carbocycles. The summed E-state index contributed by atoms with van der Waals surface area (Å²) in [6.45, 7) is 4.43. The molecular weight excluding hydrogens is 256 g/mol. The van der Waals surface area contributed by atoms with Crippen molar-refractivity contribution in [2.24, 2.45) is 5.92 Å². The summed E-state index contributed by atoms with van der Waals surface area (Å²) in [5, 5.41) is 0. The van der Waals surface area contributed by atoms with Crippen LogP contribution in [0, 0.1) is 12.8 Å². The van der Waals surface area contributed by atoms with Crippen molar-refractivity contribution in [1.29, 1.82) is 0 Å². The van der Waals surface area contributed by atoms with Crippen LogP contribution in [-0.2, 0) is 16.1 Å². The minimum atomic E-state index is -0.107. The van der Waals surface area contributed by atoms with Crippen LogP contribution >= 0.6 is 0 Å². The van der Waals surface area contributed by atoms with Crippen LogP contribution in [0.4, 0.5) is 0 Å². The zero-order valence-electron chi connectivity index (χ0n) is 12.4. The van der Waals surface area contributed by atoms with Crippen molar-refractivity contribution in [2.45, 2.75) is 26.3 Å². The van der Waals surface area contributed by atoms with Crippen LogP contribution in [0.3, 0.4) is 0 Å². The van der Waals surface area contributed by atoms with Crippen LogP contribution < -0.4 is 4.74 Å². The zero-order valence-corrected chi connectivity index (χ0v) is 12.4. The third kappa shape index (κ3) is 3.70. The van der Waals surface area contributed by atoms with Gasteiger partial charge in [0.2, 0.25) is 0 Å². The number of carbonyl (C=O) groups is 1. The molecule has 5 nitrogen and oxygen atoms in total. The van der Waals surface area contributed by atoms with E-state index in [1.54, 1.807) is 7.11 Å². The normalized spacial score (nSPS) is 19.6. The van der Waals surface area contributed by atoms with Crippen molar-refractivity contribution >= 4 is 5.97 Å². The Labute approximate surface area is 119 Å². The topological polar surface area (TPSA) is 51.7 Å². The molecule has 0 saturated carbocycles. The molecule has 5 heteroatoms. The van der Waals surface area contributed by atoms with E-state index < -0.39 is 0 Å². The molecule has 1 saturated heterocycles. The smallest absolute Gasteiger partial charge is 0.309 e. The van der Waals surface area contributed by atoms with Crippen LogP contribution in [0.2, 0.25) is 0 Å². The molecule has 0 aliphatic carbocycles. The highest BCUT2D eigenvalue weighted by Crippen LogP contribution is 2.21. The molecule has 1 aliphatic heterocycles. The second kappa shape index (κ2) is 6.70. The van der Waals surface area contributed by atoms with E-state index in [-0.39, 0.29) is 11.9 Å². The summed E-state index contributed by atoms with van der Waals surface area (Å²) in [5.41, 5.74) is 1.92. The van der Waals surface area contributed by atoms with E-state index in [1.165, 1.54) is 7.11 Å². The van der Waals surface area contributed by atoms with Crippen molar-refractivity contribution in [2.75, 3.05) is 27.3 Å².